The van der Waals surface area contributed by atoms with E-state index < -0.39 is 0 Å². The number of piperidine rings is 1. The molecule has 1 unspecified atom stereocenters. The Balaban J connectivity index is 0.00000144. The first kappa shape index (κ1) is 14.3. The van der Waals surface area contributed by atoms with Gasteiger partial charge in [-0.25, -0.2) is 0 Å². The zero-order chi connectivity index (χ0) is 11.4. The molecule has 1 aromatic rings. The van der Waals surface area contributed by atoms with Crippen LogP contribution in [0.5, 0.6) is 0 Å². The van der Waals surface area contributed by atoms with Gasteiger partial charge in [-0.2, -0.15) is 0 Å². The van der Waals surface area contributed by atoms with E-state index in [0.717, 1.165) is 6.54 Å². The minimum absolute atomic E-state index is 0. The molecule has 3 heteroatoms. The van der Waals surface area contributed by atoms with Gasteiger partial charge in [-0.15, -0.1) is 12.4 Å². The van der Waals surface area contributed by atoms with Gasteiger partial charge in [0.1, 0.15) is 0 Å². The highest BCUT2D eigenvalue weighted by atomic mass is 35.5. The molecule has 1 N–H and O–H groups in total. The summed E-state index contributed by atoms with van der Waals surface area (Å²) in [6, 6.07) is 9.50. The highest BCUT2D eigenvalue weighted by molar-refractivity contribution is 5.85. The highest BCUT2D eigenvalue weighted by Crippen LogP contribution is 2.25. The fourth-order valence-corrected chi connectivity index (χ4v) is 2.30. The van der Waals surface area contributed by atoms with Crippen LogP contribution in [0.3, 0.4) is 0 Å². The van der Waals surface area contributed by atoms with Crippen molar-refractivity contribution in [3.05, 3.63) is 29.8 Å². The Hall–Kier alpha value is -0.730. The zero-order valence-corrected chi connectivity index (χ0v) is 11.6. The number of nitrogens with zero attached hydrogens (tertiary/aromatic N) is 1. The van der Waals surface area contributed by atoms with E-state index in [4.69, 9.17) is 0 Å². The van der Waals surface area contributed by atoms with Crippen molar-refractivity contribution in [1.29, 1.82) is 0 Å². The second-order valence-corrected chi connectivity index (χ2v) is 4.61. The van der Waals surface area contributed by atoms with Crippen LogP contribution in [0.4, 0.5) is 5.69 Å². The smallest absolute Gasteiger partial charge is 0.0366 e. The molecule has 0 aliphatic carbocycles. The van der Waals surface area contributed by atoms with E-state index >= 15 is 0 Å². The van der Waals surface area contributed by atoms with E-state index in [9.17, 15) is 0 Å². The molecule has 2 nitrogen and oxygen atoms in total. The van der Waals surface area contributed by atoms with Gasteiger partial charge >= 0.3 is 0 Å². The number of rotatable bonds is 3. The van der Waals surface area contributed by atoms with Crippen molar-refractivity contribution in [3.8, 4) is 0 Å². The summed E-state index contributed by atoms with van der Waals surface area (Å²) in [4.78, 5) is 2.28. The van der Waals surface area contributed by atoms with E-state index in [2.05, 4.69) is 48.5 Å². The van der Waals surface area contributed by atoms with Gasteiger partial charge < -0.3 is 10.2 Å². The van der Waals surface area contributed by atoms with Gasteiger partial charge in [0.25, 0.3) is 0 Å². The van der Waals surface area contributed by atoms with Crippen LogP contribution >= 0.6 is 12.4 Å². The molecule has 2 rings (SSSR count). The van der Waals surface area contributed by atoms with E-state index in [1.807, 2.05) is 0 Å². The van der Waals surface area contributed by atoms with E-state index in [1.54, 1.807) is 0 Å². The molecule has 96 valence electrons. The topological polar surface area (TPSA) is 15.3 Å². The molecule has 0 amide bonds. The molecule has 1 heterocycles. The lowest BCUT2D eigenvalue weighted by atomic mass is 9.97. The zero-order valence-electron chi connectivity index (χ0n) is 10.8. The van der Waals surface area contributed by atoms with Crippen LogP contribution in [0.25, 0.3) is 0 Å². The molecule has 0 spiro atoms. The average Bonchev–Trinajstić information content (AvgIpc) is 2.39. The van der Waals surface area contributed by atoms with Gasteiger partial charge in [-0.1, -0.05) is 18.6 Å². The lowest BCUT2D eigenvalue weighted by molar-refractivity contribution is 0.412. The van der Waals surface area contributed by atoms with Crippen LogP contribution in [-0.4, -0.2) is 20.1 Å². The molecular formula is C14H23ClN2. The molecule has 1 fully saturated rings. The molecule has 0 radical (unpaired) electrons. The summed E-state index contributed by atoms with van der Waals surface area (Å²) in [5, 5.41) is 3.60. The van der Waals surface area contributed by atoms with Gasteiger partial charge in [0.05, 0.1) is 0 Å². The maximum atomic E-state index is 3.60. The Morgan fingerprint density at radius 1 is 1.35 bits per heavy atom. The first-order valence-corrected chi connectivity index (χ1v) is 6.35. The third-order valence-corrected chi connectivity index (χ3v) is 3.50. The van der Waals surface area contributed by atoms with Crippen LogP contribution in [0.2, 0.25) is 0 Å². The van der Waals surface area contributed by atoms with E-state index in [-0.39, 0.29) is 12.4 Å². The second-order valence-electron chi connectivity index (χ2n) is 4.61. The number of anilines is 1. The van der Waals surface area contributed by atoms with Crippen molar-refractivity contribution >= 4 is 18.1 Å². The maximum absolute atomic E-state index is 3.60. The minimum atomic E-state index is 0. The van der Waals surface area contributed by atoms with Gasteiger partial charge in [0, 0.05) is 25.3 Å². The van der Waals surface area contributed by atoms with E-state index in [1.165, 1.54) is 37.1 Å². The summed E-state index contributed by atoms with van der Waals surface area (Å²) >= 11 is 0. The van der Waals surface area contributed by atoms with E-state index in [0.29, 0.717) is 6.04 Å². The summed E-state index contributed by atoms with van der Waals surface area (Å²) in [6.45, 7) is 4.41. The molecule has 17 heavy (non-hydrogen) atoms. The molecular weight excluding hydrogens is 232 g/mol. The first-order chi connectivity index (χ1) is 7.81. The summed E-state index contributed by atoms with van der Waals surface area (Å²) in [5.74, 6) is 0. The standard InChI is InChI=1S/C14H22N2.ClH/c1-3-16(2)13-8-6-7-12(11-13)14-9-4-5-10-15-14;/h6-8,11,14-15H,3-5,9-10H2,1-2H3;1H. The number of nitrogens with one attached hydrogen (secondary N) is 1. The summed E-state index contributed by atoms with van der Waals surface area (Å²) in [7, 11) is 2.15. The van der Waals surface area contributed by atoms with Crippen molar-refractivity contribution in [2.45, 2.75) is 32.2 Å². The Labute approximate surface area is 111 Å². The van der Waals surface area contributed by atoms with Gasteiger partial charge in [0.2, 0.25) is 0 Å². The molecule has 1 aromatic carbocycles. The molecule has 1 aliphatic rings. The normalized spacial score (nSPS) is 19.5. The fraction of sp³-hybridized carbons (Fsp3) is 0.571. The third kappa shape index (κ3) is 3.62. The Morgan fingerprint density at radius 2 is 2.18 bits per heavy atom. The fourth-order valence-electron chi connectivity index (χ4n) is 2.30. The maximum Gasteiger partial charge on any atom is 0.0366 e. The minimum Gasteiger partial charge on any atom is -0.375 e. The number of hydrogen-bond acceptors (Lipinski definition) is 2. The predicted octanol–water partition coefficient (Wildman–Crippen LogP) is 3.38. The predicted molar refractivity (Wildman–Crippen MR) is 77.2 cm³/mol. The molecule has 1 saturated heterocycles. The number of hydrogen-bond donors (Lipinski definition) is 1. The Kier molecular flexibility index (Phi) is 5.79. The quantitative estimate of drug-likeness (QED) is 0.890. The number of halogens is 1. The summed E-state index contributed by atoms with van der Waals surface area (Å²) in [5.41, 5.74) is 2.77. The molecule has 0 saturated carbocycles. The van der Waals surface area contributed by atoms with Crippen LogP contribution in [0, 0.1) is 0 Å². The van der Waals surface area contributed by atoms with Crippen molar-refractivity contribution in [1.82, 2.24) is 5.32 Å². The molecule has 0 aromatic heterocycles. The van der Waals surface area contributed by atoms with Crippen molar-refractivity contribution < 1.29 is 0 Å². The SMILES string of the molecule is CCN(C)c1cccc(C2CCCCN2)c1.Cl. The Morgan fingerprint density at radius 3 is 2.82 bits per heavy atom. The van der Waals surface area contributed by atoms with Crippen LogP contribution in [0.1, 0.15) is 37.8 Å². The number of benzene rings is 1. The molecule has 1 atom stereocenters. The highest BCUT2D eigenvalue weighted by Gasteiger charge is 2.14. The second kappa shape index (κ2) is 6.87. The van der Waals surface area contributed by atoms with Crippen LogP contribution < -0.4 is 10.2 Å². The van der Waals surface area contributed by atoms with Crippen molar-refractivity contribution in [2.24, 2.45) is 0 Å². The largest absolute Gasteiger partial charge is 0.375 e. The van der Waals surface area contributed by atoms with Crippen molar-refractivity contribution in [3.63, 3.8) is 0 Å². The lowest BCUT2D eigenvalue weighted by Gasteiger charge is -2.25. The summed E-state index contributed by atoms with van der Waals surface area (Å²) < 4.78 is 0. The lowest BCUT2D eigenvalue weighted by Crippen LogP contribution is -2.27. The monoisotopic (exact) mass is 254 g/mol. The third-order valence-electron chi connectivity index (χ3n) is 3.50. The van der Waals surface area contributed by atoms with Crippen molar-refractivity contribution in [2.75, 3.05) is 25.0 Å². The van der Waals surface area contributed by atoms with Gasteiger partial charge in [0.15, 0.2) is 0 Å². The average molecular weight is 255 g/mol. The Bertz CT molecular complexity index is 335. The van der Waals surface area contributed by atoms with Gasteiger partial charge in [-0.05, 0) is 44.0 Å². The van der Waals surface area contributed by atoms with Crippen LogP contribution in [0.15, 0.2) is 24.3 Å². The molecule has 1 aliphatic heterocycles. The van der Waals surface area contributed by atoms with Crippen LogP contribution in [-0.2, 0) is 0 Å². The van der Waals surface area contributed by atoms with Gasteiger partial charge in [-0.3, -0.25) is 0 Å². The summed E-state index contributed by atoms with van der Waals surface area (Å²) in [6.07, 6.45) is 3.95. The molecule has 0 bridgehead atoms. The first-order valence-electron chi connectivity index (χ1n) is 6.35.